The maximum atomic E-state index is 13.5. The predicted molar refractivity (Wildman–Crippen MR) is 132 cm³/mol. The lowest BCUT2D eigenvalue weighted by atomic mass is 10.1. The van der Waals surface area contributed by atoms with Crippen LogP contribution in [0.5, 0.6) is 0 Å². The van der Waals surface area contributed by atoms with Gasteiger partial charge < -0.3 is 10.2 Å². The van der Waals surface area contributed by atoms with Crippen LogP contribution >= 0.6 is 0 Å². The van der Waals surface area contributed by atoms with Crippen molar-refractivity contribution in [2.24, 2.45) is 0 Å². The molecule has 34 heavy (non-hydrogen) atoms. The van der Waals surface area contributed by atoms with Crippen LogP contribution in [-0.4, -0.2) is 50.5 Å². The van der Waals surface area contributed by atoms with Crippen LogP contribution in [-0.2, 0) is 26.2 Å². The van der Waals surface area contributed by atoms with E-state index in [-0.39, 0.29) is 12.5 Å². The topological polar surface area (TPSA) is 86.8 Å². The molecule has 2 aromatic rings. The zero-order valence-electron chi connectivity index (χ0n) is 20.5. The van der Waals surface area contributed by atoms with E-state index in [1.165, 1.54) is 17.0 Å². The molecule has 2 aromatic carbocycles. The smallest absolute Gasteiger partial charge is 0.244 e. The number of sulfonamides is 1. The van der Waals surface area contributed by atoms with Gasteiger partial charge in [0.15, 0.2) is 0 Å². The number of amides is 2. The number of hydrogen-bond acceptors (Lipinski definition) is 4. The van der Waals surface area contributed by atoms with Gasteiger partial charge in [0.2, 0.25) is 21.8 Å². The van der Waals surface area contributed by atoms with Crippen molar-refractivity contribution in [1.29, 1.82) is 0 Å². The molecule has 0 saturated heterocycles. The molecular formula is C25H34FN3O4S. The molecule has 0 bridgehead atoms. The Bertz CT molecular complexity index is 1100. The molecule has 1 N–H and O–H groups in total. The number of halogens is 1. The fraction of sp³-hybridized carbons (Fsp3) is 0.440. The fourth-order valence-electron chi connectivity index (χ4n) is 3.57. The second-order valence-corrected chi connectivity index (χ2v) is 10.3. The van der Waals surface area contributed by atoms with Crippen LogP contribution in [0.4, 0.5) is 10.1 Å². The highest BCUT2D eigenvalue weighted by Crippen LogP contribution is 2.22. The highest BCUT2D eigenvalue weighted by Gasteiger charge is 2.31. The predicted octanol–water partition coefficient (Wildman–Crippen LogP) is 3.54. The number of hydrogen-bond donors (Lipinski definition) is 1. The fourth-order valence-corrected chi connectivity index (χ4v) is 4.41. The van der Waals surface area contributed by atoms with Gasteiger partial charge in [-0.3, -0.25) is 13.9 Å². The lowest BCUT2D eigenvalue weighted by Gasteiger charge is -2.33. The lowest BCUT2D eigenvalue weighted by Crippen LogP contribution is -2.52. The molecule has 0 fully saturated rings. The van der Waals surface area contributed by atoms with Crippen molar-refractivity contribution in [1.82, 2.24) is 10.2 Å². The summed E-state index contributed by atoms with van der Waals surface area (Å²) < 4.78 is 39.7. The van der Waals surface area contributed by atoms with Crippen molar-refractivity contribution in [2.45, 2.75) is 53.1 Å². The number of rotatable bonds is 11. The van der Waals surface area contributed by atoms with Crippen LogP contribution in [0.15, 0.2) is 42.5 Å². The molecule has 2 rings (SSSR count). The Morgan fingerprint density at radius 1 is 1.03 bits per heavy atom. The van der Waals surface area contributed by atoms with Crippen molar-refractivity contribution in [3.63, 3.8) is 0 Å². The Labute approximate surface area is 202 Å². The van der Waals surface area contributed by atoms with Crippen LogP contribution < -0.4 is 9.62 Å². The molecule has 0 spiro atoms. The summed E-state index contributed by atoms with van der Waals surface area (Å²) in [6.07, 6.45) is 2.12. The van der Waals surface area contributed by atoms with Crippen LogP contribution in [0.1, 0.15) is 43.4 Å². The second-order valence-electron chi connectivity index (χ2n) is 8.40. The number of nitrogens with one attached hydrogen (secondary N) is 1. The Morgan fingerprint density at radius 3 is 2.21 bits per heavy atom. The van der Waals surface area contributed by atoms with Gasteiger partial charge in [0.25, 0.3) is 0 Å². The Morgan fingerprint density at radius 2 is 1.68 bits per heavy atom. The molecule has 9 heteroatoms. The molecule has 0 aliphatic carbocycles. The van der Waals surface area contributed by atoms with Gasteiger partial charge in [-0.05, 0) is 67.6 Å². The van der Waals surface area contributed by atoms with E-state index >= 15 is 0 Å². The number of benzene rings is 2. The van der Waals surface area contributed by atoms with Gasteiger partial charge in [0.05, 0.1) is 11.9 Å². The summed E-state index contributed by atoms with van der Waals surface area (Å²) in [5, 5.41) is 2.82. The number of nitrogens with zero attached hydrogens (tertiary/aromatic N) is 2. The summed E-state index contributed by atoms with van der Waals surface area (Å²) in [6, 6.07) is 10.0. The molecule has 0 aromatic heterocycles. The summed E-state index contributed by atoms with van der Waals surface area (Å²) >= 11 is 0. The van der Waals surface area contributed by atoms with Gasteiger partial charge in [-0.2, -0.15) is 0 Å². The van der Waals surface area contributed by atoms with Gasteiger partial charge in [-0.25, -0.2) is 12.8 Å². The van der Waals surface area contributed by atoms with E-state index in [2.05, 4.69) is 5.32 Å². The first-order valence-corrected chi connectivity index (χ1v) is 13.2. The van der Waals surface area contributed by atoms with Gasteiger partial charge >= 0.3 is 0 Å². The van der Waals surface area contributed by atoms with Gasteiger partial charge in [0.1, 0.15) is 18.4 Å². The van der Waals surface area contributed by atoms with Crippen molar-refractivity contribution < 1.29 is 22.4 Å². The number of anilines is 1. The molecule has 2 amide bonds. The number of carbonyl (C=O) groups is 2. The molecular weight excluding hydrogens is 457 g/mol. The first-order chi connectivity index (χ1) is 16.0. The Balaban J connectivity index is 2.43. The zero-order chi connectivity index (χ0) is 25.5. The van der Waals surface area contributed by atoms with E-state index in [0.717, 1.165) is 28.1 Å². The molecule has 7 nitrogen and oxygen atoms in total. The summed E-state index contributed by atoms with van der Waals surface area (Å²) in [5.74, 6) is -1.24. The first-order valence-electron chi connectivity index (χ1n) is 11.3. The van der Waals surface area contributed by atoms with Crippen molar-refractivity contribution in [3.8, 4) is 0 Å². The molecule has 0 radical (unpaired) electrons. The van der Waals surface area contributed by atoms with Gasteiger partial charge in [0, 0.05) is 13.1 Å². The van der Waals surface area contributed by atoms with E-state index in [9.17, 15) is 22.4 Å². The minimum atomic E-state index is -3.79. The first kappa shape index (κ1) is 27.3. The standard InChI is InChI=1S/C25H34FN3O4S/c1-6-14-27-25(31)23(7-2)28(16-20-9-11-21(26)12-10-20)24(30)17-29(34(5,32)33)22-13-8-18(3)19(4)15-22/h8-13,15,23H,6-7,14,16-17H2,1-5H3,(H,27,31)/t23-/m0/s1. The monoisotopic (exact) mass is 491 g/mol. The van der Waals surface area contributed by atoms with Crippen molar-refractivity contribution >= 4 is 27.5 Å². The average Bonchev–Trinajstić information content (AvgIpc) is 2.78. The third kappa shape index (κ3) is 7.28. The lowest BCUT2D eigenvalue weighted by molar-refractivity contribution is -0.140. The minimum absolute atomic E-state index is 0.0433. The Kier molecular flexibility index (Phi) is 9.61. The normalized spacial score (nSPS) is 12.2. The van der Waals surface area contributed by atoms with Gasteiger partial charge in [-0.15, -0.1) is 0 Å². The zero-order valence-corrected chi connectivity index (χ0v) is 21.3. The maximum absolute atomic E-state index is 13.5. The van der Waals surface area contributed by atoms with E-state index in [0.29, 0.717) is 24.2 Å². The SMILES string of the molecule is CCCNC(=O)[C@H](CC)N(Cc1ccc(F)cc1)C(=O)CN(c1ccc(C)c(C)c1)S(C)(=O)=O. The van der Waals surface area contributed by atoms with E-state index in [4.69, 9.17) is 0 Å². The van der Waals surface area contributed by atoms with Crippen LogP contribution in [0.2, 0.25) is 0 Å². The molecule has 1 atom stereocenters. The molecule has 0 saturated carbocycles. The number of carbonyl (C=O) groups excluding carboxylic acids is 2. The van der Waals surface area contributed by atoms with Gasteiger partial charge in [-0.1, -0.05) is 32.0 Å². The third-order valence-corrected chi connectivity index (χ3v) is 6.80. The van der Waals surface area contributed by atoms with Crippen LogP contribution in [0, 0.1) is 19.7 Å². The minimum Gasteiger partial charge on any atom is -0.354 e. The van der Waals surface area contributed by atoms with Crippen LogP contribution in [0.25, 0.3) is 0 Å². The molecule has 0 unspecified atom stereocenters. The molecule has 186 valence electrons. The summed E-state index contributed by atoms with van der Waals surface area (Å²) in [5.41, 5.74) is 2.91. The van der Waals surface area contributed by atoms with Crippen molar-refractivity contribution in [2.75, 3.05) is 23.7 Å². The quantitative estimate of drug-likeness (QED) is 0.521. The summed E-state index contributed by atoms with van der Waals surface area (Å²) in [4.78, 5) is 27.8. The van der Waals surface area contributed by atoms with E-state index in [1.54, 1.807) is 37.3 Å². The molecule has 0 aliphatic rings. The molecule has 0 aliphatic heterocycles. The summed E-state index contributed by atoms with van der Waals surface area (Å²) in [7, 11) is -3.79. The largest absolute Gasteiger partial charge is 0.354 e. The Hall–Kier alpha value is -2.94. The van der Waals surface area contributed by atoms with E-state index < -0.39 is 34.3 Å². The maximum Gasteiger partial charge on any atom is 0.244 e. The average molecular weight is 492 g/mol. The highest BCUT2D eigenvalue weighted by molar-refractivity contribution is 7.92. The number of aryl methyl sites for hydroxylation is 2. The second kappa shape index (κ2) is 12.0. The van der Waals surface area contributed by atoms with Crippen molar-refractivity contribution in [3.05, 3.63) is 65.0 Å². The summed E-state index contributed by atoms with van der Waals surface area (Å²) in [6.45, 7) is 7.55. The molecule has 0 heterocycles. The highest BCUT2D eigenvalue weighted by atomic mass is 32.2. The van der Waals surface area contributed by atoms with E-state index in [1.807, 2.05) is 20.8 Å². The third-order valence-electron chi connectivity index (χ3n) is 5.66. The van der Waals surface area contributed by atoms with Crippen LogP contribution in [0.3, 0.4) is 0 Å².